The molecule has 4 atom stereocenters. The predicted octanol–water partition coefficient (Wildman–Crippen LogP) is -0.00810. The van der Waals surface area contributed by atoms with E-state index in [1.54, 1.807) is 31.2 Å². The number of nitrogens with one attached hydrogen (secondary N) is 3. The van der Waals surface area contributed by atoms with Crippen molar-refractivity contribution in [3.63, 3.8) is 0 Å². The van der Waals surface area contributed by atoms with Crippen LogP contribution in [0.15, 0.2) is 36.9 Å². The highest BCUT2D eigenvalue weighted by Gasteiger charge is 2.47. The number of aromatic nitrogens is 4. The van der Waals surface area contributed by atoms with E-state index in [2.05, 4.69) is 31.1 Å². The fraction of sp³-hybridized carbons (Fsp3) is 0.316. The van der Waals surface area contributed by atoms with Crippen molar-refractivity contribution in [1.29, 1.82) is 0 Å². The lowest BCUT2D eigenvalue weighted by atomic mass is 10.1. The van der Waals surface area contributed by atoms with E-state index in [1.807, 2.05) is 0 Å². The molecule has 0 radical (unpaired) electrons. The minimum atomic E-state index is -1.43. The van der Waals surface area contributed by atoms with Gasteiger partial charge in [0, 0.05) is 17.1 Å². The number of nitrogens with zero attached hydrogens (tertiary/aromatic N) is 4. The third-order valence-corrected chi connectivity index (χ3v) is 5.13. The molecule has 3 heterocycles. The van der Waals surface area contributed by atoms with Crippen LogP contribution < -0.4 is 16.2 Å². The molecule has 1 aliphatic rings. The lowest BCUT2D eigenvalue weighted by Crippen LogP contribution is -2.42. The van der Waals surface area contributed by atoms with Crippen LogP contribution in [0.1, 0.15) is 23.5 Å². The van der Waals surface area contributed by atoms with Crippen LogP contribution >= 0.6 is 11.6 Å². The number of hydrogen-bond acceptors (Lipinski definition) is 9. The number of imidazole rings is 1. The number of ether oxygens (including phenoxy) is 1. The smallest absolute Gasteiger partial charge is 0.269 e. The minimum Gasteiger partial charge on any atom is -0.387 e. The predicted molar refractivity (Wildman–Crippen MR) is 112 cm³/mol. The van der Waals surface area contributed by atoms with Gasteiger partial charge in [0.1, 0.15) is 18.5 Å². The highest BCUT2D eigenvalue weighted by Crippen LogP contribution is 2.32. The van der Waals surface area contributed by atoms with Crippen LogP contribution in [-0.4, -0.2) is 66.4 Å². The Morgan fingerprint density at radius 2 is 1.91 bits per heavy atom. The number of rotatable bonds is 6. The summed E-state index contributed by atoms with van der Waals surface area (Å²) >= 11 is 5.83. The van der Waals surface area contributed by atoms with Gasteiger partial charge in [-0.15, -0.1) is 0 Å². The maximum Gasteiger partial charge on any atom is 0.269 e. The van der Waals surface area contributed by atoms with Gasteiger partial charge in [-0.25, -0.2) is 15.0 Å². The second kappa shape index (κ2) is 9.04. The van der Waals surface area contributed by atoms with E-state index in [-0.39, 0.29) is 17.0 Å². The van der Waals surface area contributed by atoms with Crippen molar-refractivity contribution in [2.24, 2.45) is 0 Å². The molecule has 12 nitrogen and oxygen atoms in total. The van der Waals surface area contributed by atoms with Gasteiger partial charge < -0.3 is 20.3 Å². The molecule has 1 aliphatic heterocycles. The zero-order valence-electron chi connectivity index (χ0n) is 16.8. The molecule has 1 fully saturated rings. The van der Waals surface area contributed by atoms with E-state index in [4.69, 9.17) is 16.3 Å². The Kier molecular flexibility index (Phi) is 6.19. The molecule has 13 heteroatoms. The van der Waals surface area contributed by atoms with E-state index in [1.165, 1.54) is 17.2 Å². The maximum atomic E-state index is 12.3. The van der Waals surface area contributed by atoms with Crippen molar-refractivity contribution in [2.45, 2.75) is 31.5 Å². The van der Waals surface area contributed by atoms with E-state index in [9.17, 15) is 19.8 Å². The topological polar surface area (TPSA) is 164 Å². The van der Waals surface area contributed by atoms with Crippen molar-refractivity contribution in [1.82, 2.24) is 30.3 Å². The molecule has 4 rings (SSSR count). The minimum absolute atomic E-state index is 0.198. The summed E-state index contributed by atoms with van der Waals surface area (Å²) in [6.07, 6.45) is -2.60. The summed E-state index contributed by atoms with van der Waals surface area (Å²) in [4.78, 5) is 36.9. The van der Waals surface area contributed by atoms with Crippen LogP contribution in [0.2, 0.25) is 5.02 Å². The van der Waals surface area contributed by atoms with Crippen molar-refractivity contribution >= 4 is 40.4 Å². The van der Waals surface area contributed by atoms with Gasteiger partial charge in [0.25, 0.3) is 11.8 Å². The fourth-order valence-electron chi connectivity index (χ4n) is 3.30. The molecule has 0 aliphatic carbocycles. The highest BCUT2D eigenvalue weighted by atomic mass is 35.5. The average molecular weight is 462 g/mol. The number of hydrazine groups is 1. The Bertz CT molecular complexity index is 1140. The molecule has 1 saturated heterocycles. The number of aliphatic hydroxyl groups is 2. The van der Waals surface area contributed by atoms with Gasteiger partial charge in [0.05, 0.1) is 6.33 Å². The Hall–Kier alpha value is -3.32. The molecule has 1 aromatic carbocycles. The number of halogens is 1. The molecular formula is C19H20ClN7O5. The van der Waals surface area contributed by atoms with Crippen LogP contribution in [0, 0.1) is 0 Å². The van der Waals surface area contributed by atoms with Gasteiger partial charge in [0.2, 0.25) is 0 Å². The van der Waals surface area contributed by atoms with Gasteiger partial charge in [-0.2, -0.15) is 0 Å². The van der Waals surface area contributed by atoms with Crippen LogP contribution in [0.25, 0.3) is 11.2 Å². The lowest BCUT2D eigenvalue weighted by molar-refractivity contribution is -0.137. The SMILES string of the molecule is CCNC(=O)[C@@H]1O[C@H](n2cnc3c(NNC(=O)c4ccc(Cl)cc4)ncnc32)[C@@H](O)[C@H]1O. The maximum absolute atomic E-state index is 12.3. The first-order valence-electron chi connectivity index (χ1n) is 9.69. The molecule has 2 aromatic heterocycles. The molecule has 32 heavy (non-hydrogen) atoms. The third kappa shape index (κ3) is 4.08. The van der Waals surface area contributed by atoms with E-state index in [0.29, 0.717) is 17.1 Å². The van der Waals surface area contributed by atoms with Crippen LogP contribution in [0.4, 0.5) is 5.82 Å². The molecule has 2 amide bonds. The number of fused-ring (bicyclic) bond motifs is 1. The first-order valence-corrected chi connectivity index (χ1v) is 10.1. The normalized spacial score (nSPS) is 22.6. The van der Waals surface area contributed by atoms with E-state index >= 15 is 0 Å². The molecule has 168 valence electrons. The van der Waals surface area contributed by atoms with Gasteiger partial charge in [-0.1, -0.05) is 11.6 Å². The molecule has 0 saturated carbocycles. The quantitative estimate of drug-likeness (QED) is 0.317. The summed E-state index contributed by atoms with van der Waals surface area (Å²) < 4.78 is 6.99. The standard InChI is InChI=1S/C19H20ClN7O5/c1-2-21-18(31)14-12(28)13(29)19(32-14)27-8-24-11-15(22-7-23-16(11)27)25-26-17(30)9-3-5-10(20)6-4-9/h3-8,12-14,19,28-29H,2H2,1H3,(H,21,31)(H,26,30)(H,22,23,25)/t12-,13+,14-,19+/m1/s1. The summed E-state index contributed by atoms with van der Waals surface area (Å²) in [6.45, 7) is 2.08. The van der Waals surface area contributed by atoms with E-state index in [0.717, 1.165) is 0 Å². The number of aliphatic hydroxyl groups excluding tert-OH is 2. The molecule has 3 aromatic rings. The summed E-state index contributed by atoms with van der Waals surface area (Å²) in [6, 6.07) is 6.32. The monoisotopic (exact) mass is 461 g/mol. The van der Waals surface area contributed by atoms with E-state index < -0.39 is 36.4 Å². The largest absolute Gasteiger partial charge is 0.387 e. The zero-order valence-corrected chi connectivity index (χ0v) is 17.5. The Morgan fingerprint density at radius 1 is 1.16 bits per heavy atom. The van der Waals surface area contributed by atoms with Crippen molar-refractivity contribution in [3.05, 3.63) is 47.5 Å². The van der Waals surface area contributed by atoms with Crippen molar-refractivity contribution < 1.29 is 24.5 Å². The highest BCUT2D eigenvalue weighted by molar-refractivity contribution is 6.30. The summed E-state index contributed by atoms with van der Waals surface area (Å²) in [5.41, 5.74) is 6.12. The Balaban J connectivity index is 1.54. The number of likely N-dealkylation sites (N-methyl/N-ethyl adjacent to an activating group) is 1. The summed E-state index contributed by atoms with van der Waals surface area (Å²) in [5.74, 6) is -0.757. The molecule has 0 bridgehead atoms. The summed E-state index contributed by atoms with van der Waals surface area (Å²) in [5, 5.41) is 23.7. The second-order valence-corrected chi connectivity index (χ2v) is 7.39. The van der Waals surface area contributed by atoms with Gasteiger partial charge in [-0.05, 0) is 31.2 Å². The number of benzene rings is 1. The number of carbonyl (C=O) groups excluding carboxylic acids is 2. The second-order valence-electron chi connectivity index (χ2n) is 6.96. The van der Waals surface area contributed by atoms with Crippen molar-refractivity contribution in [3.8, 4) is 0 Å². The lowest BCUT2D eigenvalue weighted by Gasteiger charge is -2.16. The van der Waals surface area contributed by atoms with Gasteiger partial charge >= 0.3 is 0 Å². The van der Waals surface area contributed by atoms with Crippen LogP contribution in [0.3, 0.4) is 0 Å². The first-order chi connectivity index (χ1) is 15.4. The Morgan fingerprint density at radius 3 is 2.62 bits per heavy atom. The molecular weight excluding hydrogens is 442 g/mol. The molecule has 5 N–H and O–H groups in total. The van der Waals surface area contributed by atoms with Gasteiger partial charge in [0.15, 0.2) is 29.3 Å². The van der Waals surface area contributed by atoms with Crippen molar-refractivity contribution in [2.75, 3.05) is 12.0 Å². The average Bonchev–Trinajstić information content (AvgIpc) is 3.34. The number of amides is 2. The van der Waals surface area contributed by atoms with Crippen LogP contribution in [0.5, 0.6) is 0 Å². The fourth-order valence-corrected chi connectivity index (χ4v) is 3.43. The zero-order chi connectivity index (χ0) is 22.8. The first kappa shape index (κ1) is 21.9. The number of carbonyl (C=O) groups is 2. The third-order valence-electron chi connectivity index (χ3n) is 4.88. The summed E-state index contributed by atoms with van der Waals surface area (Å²) in [7, 11) is 0. The Labute approximate surface area is 186 Å². The van der Waals surface area contributed by atoms with Gasteiger partial charge in [-0.3, -0.25) is 25.0 Å². The van der Waals surface area contributed by atoms with Crippen LogP contribution in [-0.2, 0) is 9.53 Å². The molecule has 0 unspecified atom stereocenters. The number of anilines is 1. The number of hydrogen-bond donors (Lipinski definition) is 5. The molecule has 0 spiro atoms.